The van der Waals surface area contributed by atoms with Crippen molar-refractivity contribution in [3.63, 3.8) is 0 Å². The van der Waals surface area contributed by atoms with Crippen LogP contribution < -0.4 is 5.32 Å². The molecule has 0 unspecified atom stereocenters. The minimum atomic E-state index is -0.352. The first-order valence-corrected chi connectivity index (χ1v) is 9.81. The summed E-state index contributed by atoms with van der Waals surface area (Å²) < 4.78 is 0. The quantitative estimate of drug-likeness (QED) is 0.755. The second-order valence-corrected chi connectivity index (χ2v) is 7.65. The second kappa shape index (κ2) is 8.84. The van der Waals surface area contributed by atoms with Gasteiger partial charge in [0.25, 0.3) is 17.1 Å². The third-order valence-corrected chi connectivity index (χ3v) is 5.22. The molecule has 2 heterocycles. The molecule has 6 nitrogen and oxygen atoms in total. The number of nitrogens with zero attached hydrogens (tertiary/aromatic N) is 2. The minimum absolute atomic E-state index is 0.130. The van der Waals surface area contributed by atoms with E-state index in [0.29, 0.717) is 16.4 Å². The smallest absolute Gasteiger partial charge is 0.293 e. The third kappa shape index (κ3) is 4.67. The average Bonchev–Trinajstić information content (AvgIpc) is 2.96. The highest BCUT2D eigenvalue weighted by atomic mass is 32.2. The van der Waals surface area contributed by atoms with E-state index in [1.54, 1.807) is 36.7 Å². The van der Waals surface area contributed by atoms with Crippen molar-refractivity contribution in [2.45, 2.75) is 19.8 Å². The summed E-state index contributed by atoms with van der Waals surface area (Å²) in [5.74, 6) is -0.182. The van der Waals surface area contributed by atoms with E-state index in [1.165, 1.54) is 0 Å². The Hall–Kier alpha value is -2.93. The lowest BCUT2D eigenvalue weighted by molar-refractivity contribution is -0.122. The molecule has 144 valence electrons. The predicted molar refractivity (Wildman–Crippen MR) is 110 cm³/mol. The maximum atomic E-state index is 12.5. The van der Waals surface area contributed by atoms with Crippen LogP contribution in [0, 0.1) is 0 Å². The molecule has 0 bridgehead atoms. The summed E-state index contributed by atoms with van der Waals surface area (Å²) in [5.41, 5.74) is 2.47. The molecule has 7 heteroatoms. The number of hydrogen-bond donors (Lipinski definition) is 1. The number of benzene rings is 1. The van der Waals surface area contributed by atoms with Gasteiger partial charge in [-0.1, -0.05) is 32.0 Å². The predicted octanol–water partition coefficient (Wildman–Crippen LogP) is 3.67. The van der Waals surface area contributed by atoms with E-state index in [0.717, 1.165) is 27.8 Å². The zero-order valence-corrected chi connectivity index (χ0v) is 16.5. The van der Waals surface area contributed by atoms with Gasteiger partial charge in [-0.2, -0.15) is 0 Å². The molecule has 0 radical (unpaired) electrons. The van der Waals surface area contributed by atoms with Gasteiger partial charge in [0.2, 0.25) is 0 Å². The number of amides is 3. The lowest BCUT2D eigenvalue weighted by atomic mass is 10.0. The fraction of sp³-hybridized carbons (Fsp3) is 0.238. The molecule has 0 aliphatic carbocycles. The van der Waals surface area contributed by atoms with Crippen molar-refractivity contribution < 1.29 is 14.4 Å². The Bertz CT molecular complexity index is 908. The molecule has 1 aromatic heterocycles. The van der Waals surface area contributed by atoms with Crippen molar-refractivity contribution >= 4 is 34.9 Å². The van der Waals surface area contributed by atoms with Gasteiger partial charge in [0.1, 0.15) is 0 Å². The van der Waals surface area contributed by atoms with Gasteiger partial charge in [-0.25, -0.2) is 0 Å². The van der Waals surface area contributed by atoms with Crippen molar-refractivity contribution in [3.05, 3.63) is 70.4 Å². The summed E-state index contributed by atoms with van der Waals surface area (Å²) in [6.07, 6.45) is 4.91. The molecule has 0 saturated carbocycles. The Kier molecular flexibility index (Phi) is 6.26. The van der Waals surface area contributed by atoms with Crippen LogP contribution in [-0.2, 0) is 4.79 Å². The van der Waals surface area contributed by atoms with E-state index in [4.69, 9.17) is 0 Å². The summed E-state index contributed by atoms with van der Waals surface area (Å²) in [4.78, 5) is 42.3. The molecule has 3 amide bonds. The first-order valence-electron chi connectivity index (χ1n) is 8.99. The molecule has 3 rings (SSSR count). The zero-order chi connectivity index (χ0) is 20.1. The van der Waals surface area contributed by atoms with Crippen LogP contribution in [0.5, 0.6) is 0 Å². The molecule has 1 fully saturated rings. The molecule has 1 aliphatic heterocycles. The Morgan fingerprint density at radius 1 is 1.21 bits per heavy atom. The number of rotatable bonds is 6. The van der Waals surface area contributed by atoms with Gasteiger partial charge in [-0.15, -0.1) is 0 Å². The summed E-state index contributed by atoms with van der Waals surface area (Å²) in [5, 5.41) is 2.42. The highest BCUT2D eigenvalue weighted by molar-refractivity contribution is 8.18. The molecule has 2 aromatic rings. The first kappa shape index (κ1) is 19.8. The lowest BCUT2D eigenvalue weighted by Gasteiger charge is -2.13. The number of carbonyl (C=O) groups is 3. The Morgan fingerprint density at radius 2 is 1.96 bits per heavy atom. The summed E-state index contributed by atoms with van der Waals surface area (Å²) in [7, 11) is 0. The number of imide groups is 1. The fourth-order valence-electron chi connectivity index (χ4n) is 2.71. The van der Waals surface area contributed by atoms with Gasteiger partial charge in [0.05, 0.1) is 4.91 Å². The van der Waals surface area contributed by atoms with Crippen molar-refractivity contribution in [2.75, 3.05) is 13.1 Å². The lowest BCUT2D eigenvalue weighted by Crippen LogP contribution is -2.37. The average molecular weight is 395 g/mol. The van der Waals surface area contributed by atoms with E-state index in [1.807, 2.05) is 18.2 Å². The molecule has 28 heavy (non-hydrogen) atoms. The Labute approximate surface area is 168 Å². The topological polar surface area (TPSA) is 79.4 Å². The molecular weight excluding hydrogens is 374 g/mol. The number of aromatic nitrogens is 1. The number of carbonyl (C=O) groups excluding carboxylic acids is 3. The van der Waals surface area contributed by atoms with Crippen LogP contribution in [0.2, 0.25) is 0 Å². The van der Waals surface area contributed by atoms with Crippen LogP contribution in [0.15, 0.2) is 53.7 Å². The van der Waals surface area contributed by atoms with Crippen LogP contribution in [0.3, 0.4) is 0 Å². The van der Waals surface area contributed by atoms with Crippen LogP contribution in [0.4, 0.5) is 4.79 Å². The summed E-state index contributed by atoms with van der Waals surface area (Å²) in [6.45, 7) is 4.51. The molecule has 1 saturated heterocycles. The third-order valence-electron chi connectivity index (χ3n) is 4.32. The first-order chi connectivity index (χ1) is 13.5. The summed E-state index contributed by atoms with van der Waals surface area (Å²) >= 11 is 0.894. The number of pyridine rings is 1. The van der Waals surface area contributed by atoms with Gasteiger partial charge in [-0.05, 0) is 53.1 Å². The molecule has 1 aliphatic rings. The van der Waals surface area contributed by atoms with Crippen LogP contribution in [-0.4, -0.2) is 40.0 Å². The maximum absolute atomic E-state index is 12.5. The van der Waals surface area contributed by atoms with E-state index >= 15 is 0 Å². The molecular formula is C21H21N3O3S. The molecule has 1 N–H and O–H groups in total. The molecule has 1 aromatic carbocycles. The van der Waals surface area contributed by atoms with E-state index < -0.39 is 0 Å². The zero-order valence-electron chi connectivity index (χ0n) is 15.7. The van der Waals surface area contributed by atoms with Gasteiger partial charge >= 0.3 is 0 Å². The summed E-state index contributed by atoms with van der Waals surface area (Å²) in [6, 6.07) is 11.0. The SMILES string of the molecule is CC(C)c1ccc(C(=O)NCCN2C(=O)SC(=Cc3cccnc3)C2=O)cc1. The monoisotopic (exact) mass is 395 g/mol. The van der Waals surface area contributed by atoms with E-state index in [-0.39, 0.29) is 30.1 Å². The van der Waals surface area contributed by atoms with E-state index in [2.05, 4.69) is 24.1 Å². The standard InChI is InChI=1S/C21H21N3O3S/c1-14(2)16-5-7-17(8-6-16)19(25)23-10-11-24-20(26)18(28-21(24)27)12-15-4-3-9-22-13-15/h3-9,12-14H,10-11H2,1-2H3,(H,23,25). The largest absolute Gasteiger partial charge is 0.350 e. The van der Waals surface area contributed by atoms with Crippen molar-refractivity contribution in [3.8, 4) is 0 Å². The number of hydrogen-bond acceptors (Lipinski definition) is 5. The molecule has 0 spiro atoms. The molecule has 0 atom stereocenters. The van der Waals surface area contributed by atoms with E-state index in [9.17, 15) is 14.4 Å². The van der Waals surface area contributed by atoms with Gasteiger partial charge in [-0.3, -0.25) is 24.3 Å². The van der Waals surface area contributed by atoms with Crippen molar-refractivity contribution in [1.29, 1.82) is 0 Å². The van der Waals surface area contributed by atoms with Gasteiger partial charge in [0.15, 0.2) is 0 Å². The Balaban J connectivity index is 1.55. The van der Waals surface area contributed by atoms with Gasteiger partial charge < -0.3 is 5.32 Å². The van der Waals surface area contributed by atoms with Crippen LogP contribution in [0.1, 0.15) is 41.3 Å². The Morgan fingerprint density at radius 3 is 2.61 bits per heavy atom. The minimum Gasteiger partial charge on any atom is -0.350 e. The highest BCUT2D eigenvalue weighted by Gasteiger charge is 2.34. The van der Waals surface area contributed by atoms with Crippen molar-refractivity contribution in [2.24, 2.45) is 0 Å². The fourth-order valence-corrected chi connectivity index (χ4v) is 3.57. The normalized spacial score (nSPS) is 15.5. The highest BCUT2D eigenvalue weighted by Crippen LogP contribution is 2.31. The van der Waals surface area contributed by atoms with Gasteiger partial charge in [0, 0.05) is 31.0 Å². The maximum Gasteiger partial charge on any atom is 0.293 e. The van der Waals surface area contributed by atoms with Crippen LogP contribution in [0.25, 0.3) is 6.08 Å². The number of nitrogens with one attached hydrogen (secondary N) is 1. The number of thioether (sulfide) groups is 1. The second-order valence-electron chi connectivity index (χ2n) is 6.65. The van der Waals surface area contributed by atoms with Crippen LogP contribution >= 0.6 is 11.8 Å². The van der Waals surface area contributed by atoms with Crippen molar-refractivity contribution in [1.82, 2.24) is 15.2 Å².